The zero-order valence-electron chi connectivity index (χ0n) is 18.9. The number of nitrogens with one attached hydrogen (secondary N) is 2. The van der Waals surface area contributed by atoms with Crippen LogP contribution >= 0.6 is 0 Å². The maximum atomic E-state index is 15.1. The number of likely N-dealkylation sites (N-methyl/N-ethyl adjacent to an activating group) is 1. The number of nitrogens with zero attached hydrogens (tertiary/aromatic N) is 4. The van der Waals surface area contributed by atoms with E-state index in [1.807, 2.05) is 12.1 Å². The molecule has 2 N–H and O–H groups in total. The number of pyridine rings is 1. The number of rotatable bonds is 5. The first kappa shape index (κ1) is 22.3. The SMILES string of the molecule is CN1CCN(c2ccc(-c3n[nH]c4ccc(-c5cccc(NS(C)(=O)=O)c5F)nc34)cc2)CC1. The summed E-state index contributed by atoms with van der Waals surface area (Å²) in [5.74, 6) is -0.679. The lowest BCUT2D eigenvalue weighted by molar-refractivity contribution is 0.313. The van der Waals surface area contributed by atoms with Crippen molar-refractivity contribution >= 4 is 32.4 Å². The molecule has 10 heteroatoms. The molecule has 2 aromatic heterocycles. The molecule has 176 valence electrons. The summed E-state index contributed by atoms with van der Waals surface area (Å²) in [7, 11) is -1.48. The summed E-state index contributed by atoms with van der Waals surface area (Å²) >= 11 is 0. The predicted octanol–water partition coefficient (Wildman–Crippen LogP) is 3.55. The van der Waals surface area contributed by atoms with E-state index in [0.717, 1.165) is 43.5 Å². The molecule has 0 saturated carbocycles. The van der Waals surface area contributed by atoms with E-state index in [2.05, 4.69) is 48.9 Å². The van der Waals surface area contributed by atoms with Crippen molar-refractivity contribution < 1.29 is 12.8 Å². The van der Waals surface area contributed by atoms with E-state index >= 15 is 4.39 Å². The predicted molar refractivity (Wildman–Crippen MR) is 133 cm³/mol. The number of aromatic amines is 1. The van der Waals surface area contributed by atoms with Gasteiger partial charge in [0.2, 0.25) is 10.0 Å². The van der Waals surface area contributed by atoms with Gasteiger partial charge in [-0.25, -0.2) is 17.8 Å². The molecule has 0 atom stereocenters. The Bertz CT molecular complexity index is 1440. The Hall–Kier alpha value is -3.50. The fourth-order valence-corrected chi connectivity index (χ4v) is 4.71. The zero-order valence-corrected chi connectivity index (χ0v) is 19.7. The van der Waals surface area contributed by atoms with Crippen molar-refractivity contribution in [1.29, 1.82) is 0 Å². The number of aromatic nitrogens is 3. The van der Waals surface area contributed by atoms with Crippen molar-refractivity contribution in [3.05, 3.63) is 60.4 Å². The Labute approximate surface area is 197 Å². The van der Waals surface area contributed by atoms with Gasteiger partial charge >= 0.3 is 0 Å². The molecule has 5 rings (SSSR count). The Kier molecular flexibility index (Phi) is 5.70. The normalized spacial score (nSPS) is 15.1. The molecular formula is C24H25FN6O2S. The Morgan fingerprint density at radius 2 is 1.74 bits per heavy atom. The van der Waals surface area contributed by atoms with Crippen LogP contribution in [0.2, 0.25) is 0 Å². The topological polar surface area (TPSA) is 94.2 Å². The third-order valence-corrected chi connectivity index (χ3v) is 6.58. The number of anilines is 2. The van der Waals surface area contributed by atoms with E-state index in [1.165, 1.54) is 11.8 Å². The van der Waals surface area contributed by atoms with Crippen LogP contribution in [0.3, 0.4) is 0 Å². The van der Waals surface area contributed by atoms with Gasteiger partial charge in [0.25, 0.3) is 0 Å². The first-order valence-electron chi connectivity index (χ1n) is 10.9. The molecule has 3 heterocycles. The van der Waals surface area contributed by atoms with E-state index in [1.54, 1.807) is 24.3 Å². The average Bonchev–Trinajstić information content (AvgIpc) is 3.23. The molecule has 1 saturated heterocycles. The molecule has 1 aliphatic heterocycles. The van der Waals surface area contributed by atoms with Crippen LogP contribution in [0.5, 0.6) is 0 Å². The van der Waals surface area contributed by atoms with E-state index < -0.39 is 15.8 Å². The van der Waals surface area contributed by atoms with Crippen molar-refractivity contribution in [3.8, 4) is 22.5 Å². The number of hydrogen-bond donors (Lipinski definition) is 2. The van der Waals surface area contributed by atoms with Crippen LogP contribution in [0.15, 0.2) is 54.6 Å². The lowest BCUT2D eigenvalue weighted by Gasteiger charge is -2.34. The van der Waals surface area contributed by atoms with Crippen LogP contribution in [0, 0.1) is 5.82 Å². The van der Waals surface area contributed by atoms with Crippen LogP contribution in [-0.2, 0) is 10.0 Å². The molecule has 8 nitrogen and oxygen atoms in total. The zero-order chi connectivity index (χ0) is 23.9. The molecule has 4 aromatic rings. The molecule has 1 aliphatic rings. The van der Waals surface area contributed by atoms with Crippen LogP contribution in [0.4, 0.5) is 15.8 Å². The van der Waals surface area contributed by atoms with Crippen molar-refractivity contribution in [3.63, 3.8) is 0 Å². The van der Waals surface area contributed by atoms with Crippen molar-refractivity contribution in [2.45, 2.75) is 0 Å². The molecule has 34 heavy (non-hydrogen) atoms. The van der Waals surface area contributed by atoms with Crippen molar-refractivity contribution in [1.82, 2.24) is 20.1 Å². The van der Waals surface area contributed by atoms with Crippen LogP contribution in [0.1, 0.15) is 0 Å². The molecular weight excluding hydrogens is 455 g/mol. The van der Waals surface area contributed by atoms with Gasteiger partial charge in [-0.15, -0.1) is 0 Å². The van der Waals surface area contributed by atoms with Gasteiger partial charge in [0.1, 0.15) is 11.2 Å². The van der Waals surface area contributed by atoms with Crippen LogP contribution in [-0.4, -0.2) is 68.0 Å². The minimum atomic E-state index is -3.61. The highest BCUT2D eigenvalue weighted by atomic mass is 32.2. The second-order valence-electron chi connectivity index (χ2n) is 8.54. The summed E-state index contributed by atoms with van der Waals surface area (Å²) in [5, 5.41) is 7.44. The maximum absolute atomic E-state index is 15.1. The highest BCUT2D eigenvalue weighted by Crippen LogP contribution is 2.31. The smallest absolute Gasteiger partial charge is 0.229 e. The first-order valence-corrected chi connectivity index (χ1v) is 12.8. The van der Waals surface area contributed by atoms with Crippen molar-refractivity contribution in [2.24, 2.45) is 0 Å². The van der Waals surface area contributed by atoms with E-state index in [-0.39, 0.29) is 11.3 Å². The van der Waals surface area contributed by atoms with Crippen LogP contribution < -0.4 is 9.62 Å². The van der Waals surface area contributed by atoms with E-state index in [4.69, 9.17) is 0 Å². The molecule has 1 fully saturated rings. The average molecular weight is 481 g/mol. The highest BCUT2D eigenvalue weighted by molar-refractivity contribution is 7.92. The van der Waals surface area contributed by atoms with Gasteiger partial charge in [-0.2, -0.15) is 5.10 Å². The number of sulfonamides is 1. The standard InChI is InChI=1S/C24H25FN6O2S/c1-30-12-14-31(15-13-30)17-8-6-16(7-9-17)23-24-21(27-28-23)11-10-19(26-24)18-4-3-5-20(22(18)25)29-34(2,32)33/h3-11,29H,12-15H2,1-2H3,(H,27,28). The number of piperazine rings is 1. The monoisotopic (exact) mass is 480 g/mol. The largest absolute Gasteiger partial charge is 0.369 e. The third-order valence-electron chi connectivity index (χ3n) is 5.99. The Morgan fingerprint density at radius 1 is 1.00 bits per heavy atom. The van der Waals surface area contributed by atoms with Gasteiger partial charge in [0.05, 0.1) is 23.2 Å². The molecule has 2 aromatic carbocycles. The molecule has 0 amide bonds. The second kappa shape index (κ2) is 8.69. The minimum absolute atomic E-state index is 0.117. The summed E-state index contributed by atoms with van der Waals surface area (Å²) in [6, 6.07) is 16.2. The Morgan fingerprint density at radius 3 is 2.44 bits per heavy atom. The third kappa shape index (κ3) is 4.46. The van der Waals surface area contributed by atoms with Gasteiger partial charge in [-0.3, -0.25) is 9.82 Å². The highest BCUT2D eigenvalue weighted by Gasteiger charge is 2.18. The second-order valence-corrected chi connectivity index (χ2v) is 10.3. The first-order chi connectivity index (χ1) is 16.3. The molecule has 0 radical (unpaired) electrons. The van der Waals surface area contributed by atoms with Gasteiger partial charge in [-0.1, -0.05) is 18.2 Å². The minimum Gasteiger partial charge on any atom is -0.369 e. The summed E-state index contributed by atoms with van der Waals surface area (Å²) in [4.78, 5) is 9.36. The van der Waals surface area contributed by atoms with E-state index in [9.17, 15) is 8.42 Å². The van der Waals surface area contributed by atoms with Gasteiger partial charge in [0.15, 0.2) is 5.82 Å². The number of halogens is 1. The summed E-state index contributed by atoms with van der Waals surface area (Å²) < 4.78 is 40.4. The summed E-state index contributed by atoms with van der Waals surface area (Å²) in [6.07, 6.45) is 0.982. The Balaban J connectivity index is 1.48. The lowest BCUT2D eigenvalue weighted by Crippen LogP contribution is -2.44. The van der Waals surface area contributed by atoms with Crippen molar-refractivity contribution in [2.75, 3.05) is 49.1 Å². The fourth-order valence-electron chi connectivity index (χ4n) is 4.15. The number of fused-ring (bicyclic) bond motifs is 1. The fraction of sp³-hybridized carbons (Fsp3) is 0.250. The van der Waals surface area contributed by atoms with Gasteiger partial charge in [-0.05, 0) is 43.4 Å². The summed E-state index contributed by atoms with van der Waals surface area (Å²) in [5.41, 5.74) is 4.57. The number of benzene rings is 2. The maximum Gasteiger partial charge on any atom is 0.229 e. The molecule has 0 aliphatic carbocycles. The number of H-pyrrole nitrogens is 1. The van der Waals surface area contributed by atoms with Gasteiger partial charge < -0.3 is 9.80 Å². The van der Waals surface area contributed by atoms with E-state index in [0.29, 0.717) is 16.9 Å². The molecule has 0 bridgehead atoms. The quantitative estimate of drug-likeness (QED) is 0.454. The molecule has 0 spiro atoms. The molecule has 0 unspecified atom stereocenters. The summed E-state index contributed by atoms with van der Waals surface area (Å²) in [6.45, 7) is 4.06. The lowest BCUT2D eigenvalue weighted by atomic mass is 10.1. The van der Waals surface area contributed by atoms with Gasteiger partial charge in [0, 0.05) is 43.0 Å². The number of hydrogen-bond acceptors (Lipinski definition) is 6. The van der Waals surface area contributed by atoms with Crippen LogP contribution in [0.25, 0.3) is 33.5 Å².